The number of hydrogen-bond donors (Lipinski definition) is 1. The molecule has 0 aromatic heterocycles. The van der Waals surface area contributed by atoms with Crippen LogP contribution >= 0.6 is 0 Å². The fraction of sp³-hybridized carbons (Fsp3) is 0.724. The van der Waals surface area contributed by atoms with Crippen LogP contribution < -0.4 is 9.47 Å². The molecule has 3 heterocycles. The van der Waals surface area contributed by atoms with E-state index in [0.29, 0.717) is 44.1 Å². The van der Waals surface area contributed by atoms with Crippen molar-refractivity contribution in [2.45, 2.75) is 63.7 Å². The molecule has 2 saturated heterocycles. The van der Waals surface area contributed by atoms with Crippen molar-refractivity contribution in [3.05, 3.63) is 23.8 Å². The zero-order chi connectivity index (χ0) is 27.8. The van der Waals surface area contributed by atoms with Gasteiger partial charge in [-0.1, -0.05) is 19.4 Å². The van der Waals surface area contributed by atoms with Crippen LogP contribution in [0.2, 0.25) is 0 Å². The van der Waals surface area contributed by atoms with E-state index in [4.69, 9.17) is 18.9 Å². The van der Waals surface area contributed by atoms with Crippen molar-refractivity contribution in [2.75, 3.05) is 66.8 Å². The first kappa shape index (κ1) is 29.6. The van der Waals surface area contributed by atoms with E-state index in [2.05, 4.69) is 30.8 Å². The Hall–Kier alpha value is -2.40. The Morgan fingerprint density at radius 1 is 1.00 bits per heavy atom. The normalized spacial score (nSPS) is 23.1. The zero-order valence-corrected chi connectivity index (χ0v) is 23.7. The third-order valence-electron chi connectivity index (χ3n) is 8.00. The number of likely N-dealkylation sites (tertiary alicyclic amines) is 1. The first-order chi connectivity index (χ1) is 18.9. The summed E-state index contributed by atoms with van der Waals surface area (Å²) in [6, 6.07) is 5.36. The van der Waals surface area contributed by atoms with Crippen molar-refractivity contribution >= 4 is 11.9 Å². The van der Waals surface area contributed by atoms with E-state index in [1.165, 1.54) is 0 Å². The van der Waals surface area contributed by atoms with Crippen LogP contribution in [0, 0.1) is 5.92 Å². The van der Waals surface area contributed by atoms with Crippen LogP contribution in [-0.2, 0) is 19.1 Å². The molecule has 218 valence electrons. The number of carbonyl (C=O) groups excluding carboxylic acids is 1. The predicted octanol–water partition coefficient (Wildman–Crippen LogP) is 3.01. The van der Waals surface area contributed by atoms with E-state index >= 15 is 0 Å². The van der Waals surface area contributed by atoms with Crippen LogP contribution in [0.5, 0.6) is 11.5 Å². The zero-order valence-electron chi connectivity index (χ0n) is 23.7. The van der Waals surface area contributed by atoms with E-state index in [0.717, 1.165) is 50.9 Å². The average Bonchev–Trinajstić information content (AvgIpc) is 3.66. The number of unbranched alkanes of at least 4 members (excludes halogenated alkanes) is 2. The highest BCUT2D eigenvalue weighted by Crippen LogP contribution is 2.43. The topological polar surface area (TPSA) is 101 Å². The minimum absolute atomic E-state index is 0.0714. The minimum Gasteiger partial charge on any atom is -0.481 e. The molecule has 0 aliphatic carbocycles. The van der Waals surface area contributed by atoms with Crippen molar-refractivity contribution in [3.8, 4) is 11.5 Å². The lowest BCUT2D eigenvalue weighted by Gasteiger charge is -2.30. The number of benzene rings is 1. The molecule has 2 fully saturated rings. The fourth-order valence-corrected chi connectivity index (χ4v) is 5.93. The van der Waals surface area contributed by atoms with Gasteiger partial charge in [0.05, 0.1) is 25.7 Å². The highest BCUT2D eigenvalue weighted by atomic mass is 16.7. The van der Waals surface area contributed by atoms with Gasteiger partial charge in [0.2, 0.25) is 12.7 Å². The monoisotopic (exact) mass is 547 g/mol. The Bertz CT molecular complexity index is 953. The van der Waals surface area contributed by atoms with E-state index in [9.17, 15) is 14.7 Å². The summed E-state index contributed by atoms with van der Waals surface area (Å²) in [5.41, 5.74) is 0.895. The lowest BCUT2D eigenvalue weighted by molar-refractivity contribution is -0.144. The van der Waals surface area contributed by atoms with E-state index in [1.54, 1.807) is 0 Å². The molecule has 0 bridgehead atoms. The predicted molar refractivity (Wildman–Crippen MR) is 146 cm³/mol. The third-order valence-corrected chi connectivity index (χ3v) is 8.00. The van der Waals surface area contributed by atoms with Crippen LogP contribution in [0.3, 0.4) is 0 Å². The minimum atomic E-state index is -0.850. The third kappa shape index (κ3) is 7.84. The maximum absolute atomic E-state index is 13.7. The van der Waals surface area contributed by atoms with Gasteiger partial charge in [-0.3, -0.25) is 14.5 Å². The molecule has 3 unspecified atom stereocenters. The summed E-state index contributed by atoms with van der Waals surface area (Å²) in [6.45, 7) is 6.55. The highest BCUT2D eigenvalue weighted by Gasteiger charge is 2.47. The summed E-state index contributed by atoms with van der Waals surface area (Å²) in [6.07, 6.45) is 4.80. The van der Waals surface area contributed by atoms with Gasteiger partial charge >= 0.3 is 5.97 Å². The number of rotatable bonds is 15. The van der Waals surface area contributed by atoms with Crippen molar-refractivity contribution in [3.63, 3.8) is 0 Å². The maximum atomic E-state index is 13.7. The Kier molecular flexibility index (Phi) is 10.8. The van der Waals surface area contributed by atoms with Crippen LogP contribution in [0.25, 0.3) is 0 Å². The number of carboxylic acid groups (broad SMARTS) is 1. The summed E-state index contributed by atoms with van der Waals surface area (Å²) in [5, 5.41) is 10.4. The number of hydrogen-bond acceptors (Lipinski definition) is 8. The number of carboxylic acids is 1. The van der Waals surface area contributed by atoms with Gasteiger partial charge in [-0.05, 0) is 70.4 Å². The summed E-state index contributed by atoms with van der Waals surface area (Å²) < 4.78 is 22.3. The first-order valence-corrected chi connectivity index (χ1v) is 14.4. The summed E-state index contributed by atoms with van der Waals surface area (Å²) >= 11 is 0. The number of fused-ring (bicyclic) bond motifs is 1. The quantitative estimate of drug-likeness (QED) is 0.332. The van der Waals surface area contributed by atoms with Gasteiger partial charge in [0.25, 0.3) is 0 Å². The molecule has 1 aromatic carbocycles. The summed E-state index contributed by atoms with van der Waals surface area (Å²) in [7, 11) is 4.12. The van der Waals surface area contributed by atoms with Gasteiger partial charge < -0.3 is 33.9 Å². The van der Waals surface area contributed by atoms with Gasteiger partial charge in [-0.25, -0.2) is 0 Å². The SMILES string of the molecule is CCCCN(CCCCN(C)C)C(=O)CN1CC(c2ccc3c(c2)OCO3)C(C(=O)O)C1CCC1OCCO1. The van der Waals surface area contributed by atoms with Crippen molar-refractivity contribution < 1.29 is 33.6 Å². The molecule has 1 aromatic rings. The van der Waals surface area contributed by atoms with Crippen molar-refractivity contribution in [1.29, 1.82) is 0 Å². The molecule has 0 spiro atoms. The number of ether oxygens (including phenoxy) is 4. The molecule has 0 saturated carbocycles. The average molecular weight is 548 g/mol. The second-order valence-corrected chi connectivity index (χ2v) is 11.1. The molecular weight excluding hydrogens is 502 g/mol. The smallest absolute Gasteiger partial charge is 0.308 e. The van der Waals surface area contributed by atoms with Crippen molar-refractivity contribution in [2.24, 2.45) is 5.92 Å². The number of nitrogens with zero attached hydrogens (tertiary/aromatic N) is 3. The van der Waals surface area contributed by atoms with E-state index in [-0.39, 0.29) is 37.5 Å². The van der Waals surface area contributed by atoms with E-state index in [1.807, 2.05) is 23.1 Å². The summed E-state index contributed by atoms with van der Waals surface area (Å²) in [5.74, 6) is -0.407. The molecule has 10 nitrogen and oxygen atoms in total. The second kappa shape index (κ2) is 14.3. The standard InChI is InChI=1S/C29H45N3O7/c1-4-5-13-31(14-7-6-12-30(2)3)26(33)19-32-18-22(21-8-10-24-25(17-21)39-20-38-24)28(29(34)35)23(32)9-11-27-36-15-16-37-27/h8,10,17,22-23,27-28H,4-7,9,11-16,18-20H2,1-3H3,(H,34,35). The molecule has 0 radical (unpaired) electrons. The van der Waals surface area contributed by atoms with Gasteiger partial charge in [0.1, 0.15) is 0 Å². The molecule has 1 amide bonds. The molecule has 3 atom stereocenters. The van der Waals surface area contributed by atoms with Gasteiger partial charge in [0, 0.05) is 31.6 Å². The first-order valence-electron chi connectivity index (χ1n) is 14.4. The Labute approximate surface area is 232 Å². The lowest BCUT2D eigenvalue weighted by atomic mass is 9.83. The van der Waals surface area contributed by atoms with Gasteiger partial charge in [0.15, 0.2) is 17.8 Å². The molecule has 1 N–H and O–H groups in total. The van der Waals surface area contributed by atoms with Gasteiger partial charge in [-0.2, -0.15) is 0 Å². The Morgan fingerprint density at radius 3 is 2.44 bits per heavy atom. The molecule has 3 aliphatic rings. The molecule has 39 heavy (non-hydrogen) atoms. The molecular formula is C29H45N3O7. The van der Waals surface area contributed by atoms with Crippen LogP contribution in [0.4, 0.5) is 0 Å². The number of amides is 1. The fourth-order valence-electron chi connectivity index (χ4n) is 5.93. The maximum Gasteiger partial charge on any atom is 0.308 e. The molecule has 4 rings (SSSR count). The number of aliphatic carboxylic acids is 1. The lowest BCUT2D eigenvalue weighted by Crippen LogP contribution is -2.45. The molecule has 3 aliphatic heterocycles. The second-order valence-electron chi connectivity index (χ2n) is 11.1. The number of carbonyl (C=O) groups is 2. The van der Waals surface area contributed by atoms with Crippen LogP contribution in [0.15, 0.2) is 18.2 Å². The molecule has 10 heteroatoms. The van der Waals surface area contributed by atoms with Crippen LogP contribution in [0.1, 0.15) is 56.9 Å². The Morgan fingerprint density at radius 2 is 1.72 bits per heavy atom. The largest absolute Gasteiger partial charge is 0.481 e. The highest BCUT2D eigenvalue weighted by molar-refractivity contribution is 5.79. The Balaban J connectivity index is 1.51. The van der Waals surface area contributed by atoms with Gasteiger partial charge in [-0.15, -0.1) is 0 Å². The summed E-state index contributed by atoms with van der Waals surface area (Å²) in [4.78, 5) is 32.6. The van der Waals surface area contributed by atoms with Crippen molar-refractivity contribution in [1.82, 2.24) is 14.7 Å². The van der Waals surface area contributed by atoms with Crippen LogP contribution in [-0.4, -0.2) is 111 Å². The van der Waals surface area contributed by atoms with E-state index < -0.39 is 11.9 Å².